The SMILES string of the molecule is CC(C)(C)OC(=O)N(CCC=O)Cc1cccc(N)c1. The van der Waals surface area contributed by atoms with E-state index < -0.39 is 11.7 Å². The molecule has 0 atom stereocenters. The Balaban J connectivity index is 2.78. The van der Waals surface area contributed by atoms with Gasteiger partial charge >= 0.3 is 6.09 Å². The largest absolute Gasteiger partial charge is 0.444 e. The minimum absolute atomic E-state index is 0.279. The molecule has 0 bridgehead atoms. The van der Waals surface area contributed by atoms with E-state index in [1.54, 1.807) is 12.1 Å². The monoisotopic (exact) mass is 278 g/mol. The van der Waals surface area contributed by atoms with Crippen LogP contribution in [0.3, 0.4) is 0 Å². The van der Waals surface area contributed by atoms with E-state index >= 15 is 0 Å². The Kier molecular flexibility index (Phi) is 5.55. The molecule has 5 heteroatoms. The van der Waals surface area contributed by atoms with E-state index in [4.69, 9.17) is 10.5 Å². The second-order valence-corrected chi connectivity index (χ2v) is 5.60. The minimum atomic E-state index is -0.563. The summed E-state index contributed by atoms with van der Waals surface area (Å²) in [6, 6.07) is 7.30. The van der Waals surface area contributed by atoms with E-state index in [0.29, 0.717) is 18.8 Å². The molecule has 0 unspecified atom stereocenters. The van der Waals surface area contributed by atoms with Crippen LogP contribution in [-0.4, -0.2) is 29.4 Å². The van der Waals surface area contributed by atoms with Crippen molar-refractivity contribution in [3.05, 3.63) is 29.8 Å². The summed E-state index contributed by atoms with van der Waals surface area (Å²) in [5, 5.41) is 0. The summed E-state index contributed by atoms with van der Waals surface area (Å²) in [5.74, 6) is 0. The number of aldehydes is 1. The molecule has 0 spiro atoms. The van der Waals surface area contributed by atoms with E-state index in [-0.39, 0.29) is 6.42 Å². The summed E-state index contributed by atoms with van der Waals surface area (Å²) < 4.78 is 5.34. The summed E-state index contributed by atoms with van der Waals surface area (Å²) in [5.41, 5.74) is 6.70. The van der Waals surface area contributed by atoms with Gasteiger partial charge < -0.3 is 20.2 Å². The fraction of sp³-hybridized carbons (Fsp3) is 0.467. The number of rotatable bonds is 5. The molecular weight excluding hydrogens is 256 g/mol. The van der Waals surface area contributed by atoms with Crippen molar-refractivity contribution in [2.75, 3.05) is 12.3 Å². The number of hydrogen-bond donors (Lipinski definition) is 1. The Labute approximate surface area is 119 Å². The molecule has 0 aliphatic rings. The number of benzene rings is 1. The summed E-state index contributed by atoms with van der Waals surface area (Å²) in [6.45, 7) is 6.12. The van der Waals surface area contributed by atoms with Gasteiger partial charge in [-0.2, -0.15) is 0 Å². The van der Waals surface area contributed by atoms with E-state index in [1.165, 1.54) is 4.90 Å². The summed E-state index contributed by atoms with van der Waals surface area (Å²) in [4.78, 5) is 24.1. The van der Waals surface area contributed by atoms with Crippen LogP contribution < -0.4 is 5.73 Å². The van der Waals surface area contributed by atoms with Crippen LogP contribution in [0.1, 0.15) is 32.8 Å². The Morgan fingerprint density at radius 3 is 2.65 bits per heavy atom. The number of amides is 1. The molecule has 1 rings (SSSR count). The van der Waals surface area contributed by atoms with Crippen molar-refractivity contribution in [3.63, 3.8) is 0 Å². The molecule has 1 aromatic rings. The molecule has 2 N–H and O–H groups in total. The standard InChI is InChI=1S/C15H22N2O3/c1-15(2,3)20-14(19)17(8-5-9-18)11-12-6-4-7-13(16)10-12/h4,6-7,9-10H,5,8,11,16H2,1-3H3. The number of nitrogen functional groups attached to an aromatic ring is 1. The Morgan fingerprint density at radius 1 is 1.40 bits per heavy atom. The molecule has 1 aromatic carbocycles. The molecule has 1 amide bonds. The second kappa shape index (κ2) is 6.93. The third-order valence-corrected chi connectivity index (χ3v) is 2.49. The number of nitrogens with zero attached hydrogens (tertiary/aromatic N) is 1. The van der Waals surface area contributed by atoms with Crippen LogP contribution in [0.2, 0.25) is 0 Å². The van der Waals surface area contributed by atoms with Gasteiger partial charge in [0.05, 0.1) is 0 Å². The highest BCUT2D eigenvalue weighted by Gasteiger charge is 2.22. The first-order chi connectivity index (χ1) is 9.31. The van der Waals surface area contributed by atoms with Crippen LogP contribution in [0, 0.1) is 0 Å². The van der Waals surface area contributed by atoms with E-state index in [0.717, 1.165) is 11.8 Å². The molecule has 5 nitrogen and oxygen atoms in total. The van der Waals surface area contributed by atoms with Gasteiger partial charge in [-0.25, -0.2) is 4.79 Å². The van der Waals surface area contributed by atoms with Crippen LogP contribution in [0.4, 0.5) is 10.5 Å². The zero-order valence-corrected chi connectivity index (χ0v) is 12.3. The van der Waals surface area contributed by atoms with Crippen molar-refractivity contribution < 1.29 is 14.3 Å². The predicted molar refractivity (Wildman–Crippen MR) is 78.2 cm³/mol. The highest BCUT2D eigenvalue weighted by Crippen LogP contribution is 2.14. The molecule has 0 fully saturated rings. The van der Waals surface area contributed by atoms with Gasteiger partial charge in [0.25, 0.3) is 0 Å². The Morgan fingerprint density at radius 2 is 2.10 bits per heavy atom. The molecule has 110 valence electrons. The van der Waals surface area contributed by atoms with Crippen LogP contribution in [0.25, 0.3) is 0 Å². The predicted octanol–water partition coefficient (Wildman–Crippen LogP) is 2.59. The first-order valence-electron chi connectivity index (χ1n) is 6.58. The van der Waals surface area contributed by atoms with Crippen molar-refractivity contribution in [1.29, 1.82) is 0 Å². The average Bonchev–Trinajstić information content (AvgIpc) is 2.32. The molecule has 0 heterocycles. The first kappa shape index (κ1) is 16.0. The number of carbonyl (C=O) groups is 2. The maximum atomic E-state index is 12.1. The van der Waals surface area contributed by atoms with E-state index in [2.05, 4.69) is 0 Å². The van der Waals surface area contributed by atoms with Crippen LogP contribution in [0.5, 0.6) is 0 Å². The average molecular weight is 278 g/mol. The van der Waals surface area contributed by atoms with Gasteiger partial charge in [0, 0.05) is 25.2 Å². The van der Waals surface area contributed by atoms with Gasteiger partial charge in [-0.1, -0.05) is 12.1 Å². The van der Waals surface area contributed by atoms with Crippen molar-refractivity contribution in [2.24, 2.45) is 0 Å². The molecule has 20 heavy (non-hydrogen) atoms. The van der Waals surface area contributed by atoms with Gasteiger partial charge in [0.15, 0.2) is 0 Å². The highest BCUT2D eigenvalue weighted by molar-refractivity contribution is 5.68. The smallest absolute Gasteiger partial charge is 0.410 e. The molecular formula is C15H22N2O3. The maximum absolute atomic E-state index is 12.1. The van der Waals surface area contributed by atoms with Gasteiger partial charge in [-0.15, -0.1) is 0 Å². The summed E-state index contributed by atoms with van der Waals surface area (Å²) in [7, 11) is 0. The fourth-order valence-corrected chi connectivity index (χ4v) is 1.68. The number of carbonyl (C=O) groups excluding carboxylic acids is 2. The van der Waals surface area contributed by atoms with Crippen LogP contribution in [0.15, 0.2) is 24.3 Å². The van der Waals surface area contributed by atoms with Crippen LogP contribution >= 0.6 is 0 Å². The minimum Gasteiger partial charge on any atom is -0.444 e. The number of anilines is 1. The zero-order valence-electron chi connectivity index (χ0n) is 12.3. The lowest BCUT2D eigenvalue weighted by molar-refractivity contribution is -0.108. The number of hydrogen-bond acceptors (Lipinski definition) is 4. The van der Waals surface area contributed by atoms with Crippen molar-refractivity contribution in [2.45, 2.75) is 39.3 Å². The van der Waals surface area contributed by atoms with Crippen molar-refractivity contribution in [3.8, 4) is 0 Å². The molecule has 0 saturated carbocycles. The van der Waals surface area contributed by atoms with E-state index in [1.807, 2.05) is 32.9 Å². The molecule has 0 aliphatic heterocycles. The van der Waals surface area contributed by atoms with Gasteiger partial charge in [-0.3, -0.25) is 0 Å². The van der Waals surface area contributed by atoms with Crippen LogP contribution in [-0.2, 0) is 16.1 Å². The lowest BCUT2D eigenvalue weighted by atomic mass is 10.2. The second-order valence-electron chi connectivity index (χ2n) is 5.60. The Bertz CT molecular complexity index is 466. The normalized spacial score (nSPS) is 10.9. The van der Waals surface area contributed by atoms with Gasteiger partial charge in [0.1, 0.15) is 11.9 Å². The van der Waals surface area contributed by atoms with Crippen molar-refractivity contribution in [1.82, 2.24) is 4.90 Å². The third-order valence-electron chi connectivity index (χ3n) is 2.49. The number of ether oxygens (including phenoxy) is 1. The molecule has 0 saturated heterocycles. The fourth-order valence-electron chi connectivity index (χ4n) is 1.68. The first-order valence-corrected chi connectivity index (χ1v) is 6.58. The molecule has 0 aromatic heterocycles. The van der Waals surface area contributed by atoms with E-state index in [9.17, 15) is 9.59 Å². The lowest BCUT2D eigenvalue weighted by Gasteiger charge is -2.27. The summed E-state index contributed by atoms with van der Waals surface area (Å²) in [6.07, 6.45) is 0.639. The Hall–Kier alpha value is -2.04. The van der Waals surface area contributed by atoms with Gasteiger partial charge in [0.2, 0.25) is 0 Å². The maximum Gasteiger partial charge on any atom is 0.410 e. The van der Waals surface area contributed by atoms with Crippen molar-refractivity contribution >= 4 is 18.1 Å². The molecule has 0 radical (unpaired) electrons. The third kappa shape index (κ3) is 5.73. The number of nitrogens with two attached hydrogens (primary N) is 1. The lowest BCUT2D eigenvalue weighted by Crippen LogP contribution is -2.37. The zero-order chi connectivity index (χ0) is 15.2. The topological polar surface area (TPSA) is 72.6 Å². The summed E-state index contributed by atoms with van der Waals surface area (Å²) >= 11 is 0. The highest BCUT2D eigenvalue weighted by atomic mass is 16.6. The molecule has 0 aliphatic carbocycles. The van der Waals surface area contributed by atoms with Gasteiger partial charge in [-0.05, 0) is 38.5 Å². The quantitative estimate of drug-likeness (QED) is 0.663.